The summed E-state index contributed by atoms with van der Waals surface area (Å²) in [6, 6.07) is 13.8. The van der Waals surface area contributed by atoms with E-state index in [-0.39, 0.29) is 10.6 Å². The second-order valence-corrected chi connectivity index (χ2v) is 6.91. The van der Waals surface area contributed by atoms with Crippen molar-refractivity contribution >= 4 is 34.7 Å². The summed E-state index contributed by atoms with van der Waals surface area (Å²) >= 11 is 6.23. The number of halogens is 1. The Bertz CT molecular complexity index is 903. The Balaban J connectivity index is 1.90. The summed E-state index contributed by atoms with van der Waals surface area (Å²) in [5, 5.41) is -0.121. The van der Waals surface area contributed by atoms with Gasteiger partial charge in [0.25, 0.3) is 11.8 Å². The lowest BCUT2D eigenvalue weighted by Crippen LogP contribution is -2.31. The lowest BCUT2D eigenvalue weighted by Gasteiger charge is -2.16. The molecule has 27 heavy (non-hydrogen) atoms. The van der Waals surface area contributed by atoms with Crippen LogP contribution in [0.4, 0.5) is 5.69 Å². The molecule has 3 rings (SSSR count). The minimum atomic E-state index is -0.557. The van der Waals surface area contributed by atoms with Gasteiger partial charge in [0.05, 0.1) is 25.0 Å². The molecule has 2 aromatic carbocycles. The van der Waals surface area contributed by atoms with E-state index in [1.54, 1.807) is 48.5 Å². The van der Waals surface area contributed by atoms with Crippen LogP contribution in [-0.4, -0.2) is 25.5 Å². The SMILES string of the molecule is COc1ccccc1C1=C(Cl)C(=O)N(c2ccc(OCC(C)C)cc2)C1=O. The maximum Gasteiger partial charge on any atom is 0.277 e. The number of imide groups is 1. The fourth-order valence-corrected chi connectivity index (χ4v) is 3.04. The van der Waals surface area contributed by atoms with E-state index in [4.69, 9.17) is 21.1 Å². The second kappa shape index (κ2) is 7.84. The number of rotatable bonds is 6. The monoisotopic (exact) mass is 385 g/mol. The summed E-state index contributed by atoms with van der Waals surface area (Å²) in [4.78, 5) is 26.7. The van der Waals surface area contributed by atoms with Gasteiger partial charge < -0.3 is 9.47 Å². The van der Waals surface area contributed by atoms with Gasteiger partial charge in [-0.2, -0.15) is 0 Å². The number of hydrogen-bond acceptors (Lipinski definition) is 4. The molecular formula is C21H20ClNO4. The first kappa shape index (κ1) is 19.0. The number of anilines is 1. The van der Waals surface area contributed by atoms with Crippen LogP contribution in [0, 0.1) is 5.92 Å². The van der Waals surface area contributed by atoms with Crippen molar-refractivity contribution in [3.63, 3.8) is 0 Å². The first-order valence-electron chi connectivity index (χ1n) is 8.58. The maximum absolute atomic E-state index is 13.0. The Labute approximate surface area is 163 Å². The van der Waals surface area contributed by atoms with Crippen LogP contribution < -0.4 is 14.4 Å². The Morgan fingerprint density at radius 1 is 1.00 bits per heavy atom. The fourth-order valence-electron chi connectivity index (χ4n) is 2.78. The van der Waals surface area contributed by atoms with Crippen LogP contribution in [0.3, 0.4) is 0 Å². The van der Waals surface area contributed by atoms with Crippen LogP contribution >= 0.6 is 11.6 Å². The molecule has 0 unspecified atom stereocenters. The number of hydrogen-bond donors (Lipinski definition) is 0. The Morgan fingerprint density at radius 3 is 2.30 bits per heavy atom. The van der Waals surface area contributed by atoms with Crippen LogP contribution in [-0.2, 0) is 9.59 Å². The number of amides is 2. The van der Waals surface area contributed by atoms with Gasteiger partial charge >= 0.3 is 0 Å². The highest BCUT2D eigenvalue weighted by Crippen LogP contribution is 2.38. The predicted octanol–water partition coefficient (Wildman–Crippen LogP) is 4.25. The first-order valence-corrected chi connectivity index (χ1v) is 8.96. The van der Waals surface area contributed by atoms with Crippen molar-refractivity contribution in [2.75, 3.05) is 18.6 Å². The van der Waals surface area contributed by atoms with E-state index in [1.807, 2.05) is 0 Å². The summed E-state index contributed by atoms with van der Waals surface area (Å²) in [5.41, 5.74) is 1.06. The molecule has 0 atom stereocenters. The van der Waals surface area contributed by atoms with Gasteiger partial charge in [-0.25, -0.2) is 4.90 Å². The molecule has 0 aromatic heterocycles. The minimum Gasteiger partial charge on any atom is -0.496 e. The number of carbonyl (C=O) groups excluding carboxylic acids is 2. The predicted molar refractivity (Wildman–Crippen MR) is 105 cm³/mol. The molecule has 1 aliphatic heterocycles. The zero-order valence-electron chi connectivity index (χ0n) is 15.4. The van der Waals surface area contributed by atoms with Crippen LogP contribution in [0.1, 0.15) is 19.4 Å². The van der Waals surface area contributed by atoms with Gasteiger partial charge in [0, 0.05) is 5.56 Å². The average Bonchev–Trinajstić information content (AvgIpc) is 2.89. The Kier molecular flexibility index (Phi) is 5.51. The van der Waals surface area contributed by atoms with Gasteiger partial charge in [-0.15, -0.1) is 0 Å². The highest BCUT2D eigenvalue weighted by Gasteiger charge is 2.40. The summed E-state index contributed by atoms with van der Waals surface area (Å²) in [5.74, 6) is 0.517. The lowest BCUT2D eigenvalue weighted by molar-refractivity contribution is -0.119. The smallest absolute Gasteiger partial charge is 0.277 e. The molecule has 140 valence electrons. The molecule has 0 aliphatic carbocycles. The first-order chi connectivity index (χ1) is 12.9. The molecule has 0 bridgehead atoms. The van der Waals surface area contributed by atoms with E-state index in [0.29, 0.717) is 35.3 Å². The third-order valence-electron chi connectivity index (χ3n) is 4.08. The van der Waals surface area contributed by atoms with Crippen molar-refractivity contribution < 1.29 is 19.1 Å². The van der Waals surface area contributed by atoms with E-state index in [0.717, 1.165) is 4.90 Å². The van der Waals surface area contributed by atoms with Crippen LogP contribution in [0.25, 0.3) is 5.57 Å². The van der Waals surface area contributed by atoms with Gasteiger partial charge in [0.1, 0.15) is 16.5 Å². The number of nitrogens with zero attached hydrogens (tertiary/aromatic N) is 1. The van der Waals surface area contributed by atoms with Crippen molar-refractivity contribution in [1.29, 1.82) is 0 Å². The molecule has 0 saturated heterocycles. The van der Waals surface area contributed by atoms with Crippen molar-refractivity contribution in [3.8, 4) is 11.5 Å². The molecule has 6 heteroatoms. The van der Waals surface area contributed by atoms with Crippen LogP contribution in [0.5, 0.6) is 11.5 Å². The van der Waals surface area contributed by atoms with E-state index >= 15 is 0 Å². The fraction of sp³-hybridized carbons (Fsp3) is 0.238. The van der Waals surface area contributed by atoms with Gasteiger partial charge in [0.15, 0.2) is 0 Å². The van der Waals surface area contributed by atoms with Gasteiger partial charge in [0.2, 0.25) is 0 Å². The zero-order valence-corrected chi connectivity index (χ0v) is 16.1. The number of carbonyl (C=O) groups is 2. The molecule has 0 saturated carbocycles. The molecule has 0 fully saturated rings. The third-order valence-corrected chi connectivity index (χ3v) is 4.43. The molecule has 1 heterocycles. The van der Waals surface area contributed by atoms with Crippen molar-refractivity contribution in [3.05, 3.63) is 59.1 Å². The van der Waals surface area contributed by atoms with Gasteiger partial charge in [-0.1, -0.05) is 43.6 Å². The quantitative estimate of drug-likeness (QED) is 0.697. The normalized spacial score (nSPS) is 14.3. The molecule has 5 nitrogen and oxygen atoms in total. The van der Waals surface area contributed by atoms with Gasteiger partial charge in [-0.3, -0.25) is 9.59 Å². The summed E-state index contributed by atoms with van der Waals surface area (Å²) in [6.07, 6.45) is 0. The van der Waals surface area contributed by atoms with Crippen molar-refractivity contribution in [2.45, 2.75) is 13.8 Å². The largest absolute Gasteiger partial charge is 0.496 e. The van der Waals surface area contributed by atoms with Crippen molar-refractivity contribution in [1.82, 2.24) is 0 Å². The van der Waals surface area contributed by atoms with Crippen LogP contribution in [0.15, 0.2) is 53.6 Å². The molecule has 2 amide bonds. The molecule has 2 aromatic rings. The Morgan fingerprint density at radius 2 is 1.67 bits per heavy atom. The summed E-state index contributed by atoms with van der Waals surface area (Å²) in [7, 11) is 1.50. The third kappa shape index (κ3) is 3.69. The molecule has 0 spiro atoms. The maximum atomic E-state index is 13.0. The van der Waals surface area contributed by atoms with Crippen molar-refractivity contribution in [2.24, 2.45) is 5.92 Å². The van der Waals surface area contributed by atoms with Crippen LogP contribution in [0.2, 0.25) is 0 Å². The Hall–Kier alpha value is -2.79. The highest BCUT2D eigenvalue weighted by molar-refractivity contribution is 6.60. The molecule has 0 radical (unpaired) electrons. The summed E-state index contributed by atoms with van der Waals surface area (Å²) < 4.78 is 10.9. The minimum absolute atomic E-state index is 0.121. The zero-order chi connectivity index (χ0) is 19.6. The van der Waals surface area contributed by atoms with E-state index in [9.17, 15) is 9.59 Å². The lowest BCUT2D eigenvalue weighted by atomic mass is 10.1. The number of methoxy groups -OCH3 is 1. The van der Waals surface area contributed by atoms with E-state index < -0.39 is 11.8 Å². The number of para-hydroxylation sites is 1. The molecule has 1 aliphatic rings. The molecular weight excluding hydrogens is 366 g/mol. The average molecular weight is 386 g/mol. The van der Waals surface area contributed by atoms with E-state index in [1.165, 1.54) is 7.11 Å². The summed E-state index contributed by atoms with van der Waals surface area (Å²) in [6.45, 7) is 4.71. The molecule has 0 N–H and O–H groups in total. The topological polar surface area (TPSA) is 55.8 Å². The van der Waals surface area contributed by atoms with Gasteiger partial charge in [-0.05, 0) is 36.2 Å². The number of benzene rings is 2. The standard InChI is InChI=1S/C21H20ClNO4/c1-13(2)12-27-15-10-8-14(9-11-15)23-20(24)18(19(22)21(23)25)16-6-4-5-7-17(16)26-3/h4-11,13H,12H2,1-3H3. The highest BCUT2D eigenvalue weighted by atomic mass is 35.5. The van der Waals surface area contributed by atoms with E-state index in [2.05, 4.69) is 13.8 Å². The second-order valence-electron chi connectivity index (χ2n) is 6.53. The number of ether oxygens (including phenoxy) is 2.